The molecule has 3 aliphatic carbocycles. The molecule has 0 amide bonds. The molecule has 3 saturated carbocycles. The van der Waals surface area contributed by atoms with Gasteiger partial charge in [0.2, 0.25) is 11.4 Å². The molecule has 18 nitrogen and oxygen atoms in total. The van der Waals surface area contributed by atoms with Crippen LogP contribution in [0.1, 0.15) is 167 Å². The molecule has 3 fully saturated rings. The first-order valence-electron chi connectivity index (χ1n) is 23.9. The van der Waals surface area contributed by atoms with E-state index >= 15 is 0 Å². The molecular weight excluding hydrogens is 853 g/mol. The number of esters is 2. The number of oxime groups is 2. The van der Waals surface area contributed by atoms with E-state index in [1.54, 1.807) is 0 Å². The van der Waals surface area contributed by atoms with Crippen LogP contribution in [0.5, 0.6) is 12.0 Å². The Morgan fingerprint density at radius 2 is 1.11 bits per heavy atom. The van der Waals surface area contributed by atoms with Crippen molar-refractivity contribution >= 4 is 45.6 Å². The van der Waals surface area contributed by atoms with Crippen molar-refractivity contribution in [1.29, 1.82) is 0 Å². The van der Waals surface area contributed by atoms with E-state index in [2.05, 4.69) is 44.1 Å². The second kappa shape index (κ2) is 24.5. The SMILES string of the molecule is CCCCCc1cc(=O)oc2nc(ON=C3CCC(CC(=O)OC(C)C)CC3)[nH]c(=O)c12.CCCCCc1cc(=O)oc2nc(ON=C3CCC(CC(=O)OC4CCCC4)CC3)[nH]c(=O)c12. The molecule has 3 aliphatic rings. The molecule has 0 radical (unpaired) electrons. The lowest BCUT2D eigenvalue weighted by molar-refractivity contribution is -0.150. The Morgan fingerprint density at radius 3 is 1.53 bits per heavy atom. The molecule has 0 aliphatic heterocycles. The van der Waals surface area contributed by atoms with Crippen molar-refractivity contribution < 1.29 is 37.6 Å². The van der Waals surface area contributed by atoms with Gasteiger partial charge in [0, 0.05) is 25.0 Å². The van der Waals surface area contributed by atoms with Crippen molar-refractivity contribution in [1.82, 2.24) is 19.9 Å². The van der Waals surface area contributed by atoms with E-state index in [9.17, 15) is 28.8 Å². The van der Waals surface area contributed by atoms with E-state index in [1.807, 2.05) is 13.8 Å². The highest BCUT2D eigenvalue weighted by Gasteiger charge is 2.26. The summed E-state index contributed by atoms with van der Waals surface area (Å²) in [6.07, 6.45) is 18.2. The zero-order valence-electron chi connectivity index (χ0n) is 38.7. The highest BCUT2D eigenvalue weighted by Crippen LogP contribution is 2.29. The first-order chi connectivity index (χ1) is 31.9. The van der Waals surface area contributed by atoms with Gasteiger partial charge in [0.15, 0.2) is 0 Å². The average Bonchev–Trinajstić information content (AvgIpc) is 3.78. The summed E-state index contributed by atoms with van der Waals surface area (Å²) in [7, 11) is 0. The fourth-order valence-electron chi connectivity index (χ4n) is 8.72. The number of aromatic amines is 2. The van der Waals surface area contributed by atoms with Gasteiger partial charge in [0.25, 0.3) is 11.1 Å². The Morgan fingerprint density at radius 1 is 0.667 bits per heavy atom. The molecule has 4 heterocycles. The maximum Gasteiger partial charge on any atom is 0.337 e. The second-order valence-corrected chi connectivity index (χ2v) is 17.9. The van der Waals surface area contributed by atoms with Crippen molar-refractivity contribution in [2.24, 2.45) is 22.1 Å². The summed E-state index contributed by atoms with van der Waals surface area (Å²) >= 11 is 0. The third-order valence-corrected chi connectivity index (χ3v) is 12.2. The monoisotopic (exact) mass is 916 g/mol. The largest absolute Gasteiger partial charge is 0.463 e. The van der Waals surface area contributed by atoms with Gasteiger partial charge in [0.05, 0.1) is 17.5 Å². The predicted molar refractivity (Wildman–Crippen MR) is 247 cm³/mol. The first-order valence-corrected chi connectivity index (χ1v) is 23.9. The Balaban J connectivity index is 0.000000219. The number of ether oxygens (including phenoxy) is 2. The number of unbranched alkanes of at least 4 members (excludes halogenated alkanes) is 4. The van der Waals surface area contributed by atoms with Crippen LogP contribution >= 0.6 is 0 Å². The van der Waals surface area contributed by atoms with Gasteiger partial charge in [-0.15, -0.1) is 0 Å². The van der Waals surface area contributed by atoms with Crippen LogP contribution in [0.3, 0.4) is 0 Å². The summed E-state index contributed by atoms with van der Waals surface area (Å²) in [5.41, 5.74) is 0.925. The highest BCUT2D eigenvalue weighted by atomic mass is 16.6. The number of nitrogens with one attached hydrogen (secondary N) is 2. The number of aromatic nitrogens is 4. The molecular formula is C48H64N6O12. The van der Waals surface area contributed by atoms with Crippen LogP contribution in [0.4, 0.5) is 0 Å². The Kier molecular flexibility index (Phi) is 18.4. The van der Waals surface area contributed by atoms with Crippen LogP contribution < -0.4 is 32.0 Å². The van der Waals surface area contributed by atoms with Gasteiger partial charge in [-0.1, -0.05) is 49.8 Å². The minimum absolute atomic E-state index is 0.0394. The van der Waals surface area contributed by atoms with E-state index in [-0.39, 0.29) is 70.2 Å². The van der Waals surface area contributed by atoms with Gasteiger partial charge in [-0.2, -0.15) is 9.97 Å². The van der Waals surface area contributed by atoms with Gasteiger partial charge in [0.1, 0.15) is 16.9 Å². The molecule has 0 saturated heterocycles. The van der Waals surface area contributed by atoms with Crippen LogP contribution in [-0.4, -0.2) is 55.5 Å². The van der Waals surface area contributed by atoms with Gasteiger partial charge in [-0.3, -0.25) is 29.1 Å². The average molecular weight is 917 g/mol. The third kappa shape index (κ3) is 14.8. The molecule has 0 aromatic carbocycles. The van der Waals surface area contributed by atoms with Crippen LogP contribution in [0.25, 0.3) is 22.2 Å². The van der Waals surface area contributed by atoms with Crippen LogP contribution in [-0.2, 0) is 31.9 Å². The highest BCUT2D eigenvalue weighted by molar-refractivity contribution is 5.85. The van der Waals surface area contributed by atoms with Gasteiger partial charge in [-0.25, -0.2) is 9.59 Å². The van der Waals surface area contributed by atoms with Crippen molar-refractivity contribution in [2.75, 3.05) is 0 Å². The zero-order chi connectivity index (χ0) is 47.0. The summed E-state index contributed by atoms with van der Waals surface area (Å²) < 4.78 is 21.1. The number of hydrogen-bond donors (Lipinski definition) is 2. The predicted octanol–water partition coefficient (Wildman–Crippen LogP) is 8.29. The fourth-order valence-corrected chi connectivity index (χ4v) is 8.72. The summed E-state index contributed by atoms with van der Waals surface area (Å²) in [6, 6.07) is 2.48. The first kappa shape index (κ1) is 49.5. The summed E-state index contributed by atoms with van der Waals surface area (Å²) in [4.78, 5) is 97.3. The van der Waals surface area contributed by atoms with Crippen molar-refractivity contribution in [2.45, 2.75) is 181 Å². The molecule has 4 aromatic rings. The number of H-pyrrole nitrogens is 2. The third-order valence-electron chi connectivity index (χ3n) is 12.2. The van der Waals surface area contributed by atoms with Crippen molar-refractivity contribution in [3.05, 3.63) is 64.8 Å². The second-order valence-electron chi connectivity index (χ2n) is 17.9. The van der Waals surface area contributed by atoms with Gasteiger partial charge < -0.3 is 28.0 Å². The normalized spacial score (nSPS) is 17.7. The molecule has 7 rings (SSSR count). The standard InChI is InChI=1S/C25H33N3O6.C23H31N3O6/c1-2-3-4-7-17-15-21(30)33-24-22(17)23(31)26-25(27-24)34-28-18-12-10-16(11-13-18)14-20(29)32-19-8-5-6-9-19;1-4-5-6-7-16-13-19(28)31-22-20(16)21(29)24-23(25-22)32-26-17-10-8-15(9-11-17)12-18(27)30-14(2)3/h15-16,19H,2-14H2,1H3,(H,26,27,31);13-15H,4-12H2,1-3H3,(H,24,25,29). The quantitative estimate of drug-likeness (QED) is 0.0542. The molecule has 66 heavy (non-hydrogen) atoms. The number of hydrogen-bond acceptors (Lipinski definition) is 16. The molecule has 18 heteroatoms. The molecule has 0 unspecified atom stereocenters. The molecule has 0 atom stereocenters. The number of fused-ring (bicyclic) bond motifs is 2. The molecule has 0 bridgehead atoms. The molecule has 4 aromatic heterocycles. The van der Waals surface area contributed by atoms with E-state index in [4.69, 9.17) is 28.0 Å². The van der Waals surface area contributed by atoms with E-state index in [0.29, 0.717) is 62.5 Å². The van der Waals surface area contributed by atoms with Crippen LogP contribution in [0, 0.1) is 11.8 Å². The molecule has 358 valence electrons. The summed E-state index contributed by atoms with van der Waals surface area (Å²) in [5, 5.41) is 8.82. The number of carbonyl (C=O) groups excluding carboxylic acids is 2. The Labute approximate surface area is 382 Å². The number of aryl methyl sites for hydroxylation is 2. The fraction of sp³-hybridized carbons (Fsp3) is 0.625. The Hall–Kier alpha value is -5.94. The lowest BCUT2D eigenvalue weighted by Crippen LogP contribution is -2.21. The summed E-state index contributed by atoms with van der Waals surface area (Å²) in [5.74, 6) is 0.281. The maximum atomic E-state index is 12.7. The maximum absolute atomic E-state index is 12.7. The van der Waals surface area contributed by atoms with E-state index < -0.39 is 22.4 Å². The van der Waals surface area contributed by atoms with Crippen LogP contribution in [0.2, 0.25) is 0 Å². The zero-order valence-corrected chi connectivity index (χ0v) is 38.7. The molecule has 0 spiro atoms. The van der Waals surface area contributed by atoms with Gasteiger partial charge >= 0.3 is 35.2 Å². The number of rotatable bonds is 18. The van der Waals surface area contributed by atoms with E-state index in [0.717, 1.165) is 101 Å². The lowest BCUT2D eigenvalue weighted by atomic mass is 9.86. The smallest absolute Gasteiger partial charge is 0.337 e. The van der Waals surface area contributed by atoms with Gasteiger partial charge in [-0.05, 0) is 140 Å². The number of carbonyl (C=O) groups is 2. The minimum atomic E-state index is -0.548. The Bertz CT molecular complexity index is 2570. The van der Waals surface area contributed by atoms with Crippen LogP contribution in [0.15, 0.2) is 50.5 Å². The lowest BCUT2D eigenvalue weighted by Gasteiger charge is -2.22. The van der Waals surface area contributed by atoms with E-state index in [1.165, 1.54) is 12.1 Å². The minimum Gasteiger partial charge on any atom is -0.463 e. The summed E-state index contributed by atoms with van der Waals surface area (Å²) in [6.45, 7) is 7.85. The molecule has 2 N–H and O–H groups in total. The topological polar surface area (TPSA) is 248 Å². The number of nitrogens with zero attached hydrogens (tertiary/aromatic N) is 4. The van der Waals surface area contributed by atoms with Crippen molar-refractivity contribution in [3.63, 3.8) is 0 Å². The van der Waals surface area contributed by atoms with Crippen molar-refractivity contribution in [3.8, 4) is 12.0 Å².